The summed E-state index contributed by atoms with van der Waals surface area (Å²) < 4.78 is 4.93. The molecule has 0 heterocycles. The van der Waals surface area contributed by atoms with Crippen LogP contribution in [0, 0.1) is 11.3 Å². The standard InChI is InChI=1S/C14H28N2O4/c1-10(6-7-20-5)16-13(19)15-9-11(12(17)18)8-14(2,3)4/h10-11H,6-9H2,1-5H3,(H,17,18)(H2,15,16,19). The average Bonchev–Trinajstić information content (AvgIpc) is 2.30. The molecule has 0 aromatic carbocycles. The summed E-state index contributed by atoms with van der Waals surface area (Å²) in [5, 5.41) is 14.5. The number of nitrogens with one attached hydrogen (secondary N) is 2. The summed E-state index contributed by atoms with van der Waals surface area (Å²) in [5.41, 5.74) is -0.0903. The van der Waals surface area contributed by atoms with Crippen molar-refractivity contribution in [3.05, 3.63) is 0 Å². The fourth-order valence-electron chi connectivity index (χ4n) is 1.84. The lowest BCUT2D eigenvalue weighted by molar-refractivity contribution is -0.142. The molecule has 118 valence electrons. The van der Waals surface area contributed by atoms with Crippen molar-refractivity contribution in [1.82, 2.24) is 10.6 Å². The van der Waals surface area contributed by atoms with Crippen molar-refractivity contribution >= 4 is 12.0 Å². The zero-order valence-corrected chi connectivity index (χ0v) is 13.2. The van der Waals surface area contributed by atoms with Crippen LogP contribution in [0.3, 0.4) is 0 Å². The Morgan fingerprint density at radius 2 is 1.90 bits per heavy atom. The van der Waals surface area contributed by atoms with Crippen molar-refractivity contribution in [2.75, 3.05) is 20.3 Å². The zero-order valence-electron chi connectivity index (χ0n) is 13.2. The number of aliphatic carboxylic acids is 1. The fraction of sp³-hybridized carbons (Fsp3) is 0.857. The highest BCUT2D eigenvalue weighted by molar-refractivity contribution is 5.76. The molecule has 3 N–H and O–H groups in total. The number of carbonyl (C=O) groups excluding carboxylic acids is 1. The quantitative estimate of drug-likeness (QED) is 0.636. The topological polar surface area (TPSA) is 87.7 Å². The Hall–Kier alpha value is -1.30. The van der Waals surface area contributed by atoms with E-state index in [4.69, 9.17) is 9.84 Å². The number of rotatable bonds is 8. The minimum atomic E-state index is -0.882. The molecule has 2 amide bonds. The molecule has 0 aliphatic heterocycles. The van der Waals surface area contributed by atoms with Gasteiger partial charge in [0.15, 0.2) is 0 Å². The Kier molecular flexibility index (Phi) is 8.22. The van der Waals surface area contributed by atoms with Gasteiger partial charge in [0.2, 0.25) is 0 Å². The fourth-order valence-corrected chi connectivity index (χ4v) is 1.84. The van der Waals surface area contributed by atoms with E-state index >= 15 is 0 Å². The number of amides is 2. The van der Waals surface area contributed by atoms with Gasteiger partial charge in [0.05, 0.1) is 5.92 Å². The lowest BCUT2D eigenvalue weighted by Crippen LogP contribution is -2.44. The van der Waals surface area contributed by atoms with E-state index in [-0.39, 0.29) is 24.0 Å². The van der Waals surface area contributed by atoms with Gasteiger partial charge >= 0.3 is 12.0 Å². The molecule has 0 radical (unpaired) electrons. The number of carboxylic acid groups (broad SMARTS) is 1. The molecule has 0 aliphatic rings. The van der Waals surface area contributed by atoms with Gasteiger partial charge in [-0.3, -0.25) is 4.79 Å². The van der Waals surface area contributed by atoms with E-state index in [2.05, 4.69) is 10.6 Å². The van der Waals surface area contributed by atoms with E-state index in [0.29, 0.717) is 19.4 Å². The summed E-state index contributed by atoms with van der Waals surface area (Å²) in [6.45, 7) is 8.53. The minimum Gasteiger partial charge on any atom is -0.481 e. The van der Waals surface area contributed by atoms with Crippen LogP contribution in [0.5, 0.6) is 0 Å². The normalized spacial score (nSPS) is 14.4. The maximum absolute atomic E-state index is 11.7. The third-order valence-corrected chi connectivity index (χ3v) is 2.85. The van der Waals surface area contributed by atoms with Gasteiger partial charge in [0.1, 0.15) is 0 Å². The number of hydrogen-bond donors (Lipinski definition) is 3. The first kappa shape index (κ1) is 18.7. The number of hydrogen-bond acceptors (Lipinski definition) is 3. The van der Waals surface area contributed by atoms with Crippen LogP contribution in [-0.2, 0) is 9.53 Å². The molecule has 0 bridgehead atoms. The molecule has 6 nitrogen and oxygen atoms in total. The Balaban J connectivity index is 4.15. The predicted molar refractivity (Wildman–Crippen MR) is 77.7 cm³/mol. The first-order valence-electron chi connectivity index (χ1n) is 6.92. The first-order chi connectivity index (χ1) is 9.15. The molecule has 6 heteroatoms. The van der Waals surface area contributed by atoms with Gasteiger partial charge in [-0.15, -0.1) is 0 Å². The van der Waals surface area contributed by atoms with E-state index in [1.807, 2.05) is 27.7 Å². The second kappa shape index (κ2) is 8.79. The van der Waals surface area contributed by atoms with Crippen LogP contribution in [0.2, 0.25) is 0 Å². The van der Waals surface area contributed by atoms with Crippen LogP contribution in [0.1, 0.15) is 40.5 Å². The van der Waals surface area contributed by atoms with Crippen molar-refractivity contribution in [2.24, 2.45) is 11.3 Å². The van der Waals surface area contributed by atoms with Crippen LogP contribution in [0.25, 0.3) is 0 Å². The summed E-state index contributed by atoms with van der Waals surface area (Å²) >= 11 is 0. The molecule has 0 rings (SSSR count). The van der Waals surface area contributed by atoms with Gasteiger partial charge < -0.3 is 20.5 Å². The van der Waals surface area contributed by atoms with Crippen LogP contribution in [0.15, 0.2) is 0 Å². The van der Waals surface area contributed by atoms with Crippen molar-refractivity contribution in [3.63, 3.8) is 0 Å². The highest BCUT2D eigenvalue weighted by atomic mass is 16.5. The van der Waals surface area contributed by atoms with Gasteiger partial charge in [-0.1, -0.05) is 20.8 Å². The Morgan fingerprint density at radius 1 is 1.30 bits per heavy atom. The zero-order chi connectivity index (χ0) is 15.8. The molecule has 0 saturated carbocycles. The van der Waals surface area contributed by atoms with Gasteiger partial charge in [0, 0.05) is 26.3 Å². The number of ether oxygens (including phenoxy) is 1. The molecule has 2 atom stereocenters. The summed E-state index contributed by atoms with van der Waals surface area (Å²) in [6.07, 6.45) is 1.23. The highest BCUT2D eigenvalue weighted by Crippen LogP contribution is 2.24. The molecule has 2 unspecified atom stereocenters. The SMILES string of the molecule is COCCC(C)NC(=O)NCC(CC(C)(C)C)C(=O)O. The lowest BCUT2D eigenvalue weighted by Gasteiger charge is -2.23. The first-order valence-corrected chi connectivity index (χ1v) is 6.92. The molecule has 0 spiro atoms. The van der Waals surface area contributed by atoms with Gasteiger partial charge in [-0.2, -0.15) is 0 Å². The second-order valence-electron chi connectivity index (χ2n) is 6.34. The summed E-state index contributed by atoms with van der Waals surface area (Å²) in [5.74, 6) is -1.46. The van der Waals surface area contributed by atoms with Crippen molar-refractivity contribution in [2.45, 2.75) is 46.6 Å². The van der Waals surface area contributed by atoms with Crippen molar-refractivity contribution in [3.8, 4) is 0 Å². The Morgan fingerprint density at radius 3 is 2.35 bits per heavy atom. The van der Waals surface area contributed by atoms with Crippen LogP contribution < -0.4 is 10.6 Å². The van der Waals surface area contributed by atoms with E-state index in [9.17, 15) is 9.59 Å². The van der Waals surface area contributed by atoms with E-state index in [1.165, 1.54) is 0 Å². The minimum absolute atomic E-state index is 0.0131. The molecular weight excluding hydrogens is 260 g/mol. The number of carbonyl (C=O) groups is 2. The molecule has 0 aliphatic carbocycles. The maximum atomic E-state index is 11.7. The molecule has 0 fully saturated rings. The van der Waals surface area contributed by atoms with E-state index in [0.717, 1.165) is 0 Å². The number of carboxylic acids is 1. The average molecular weight is 288 g/mol. The Labute approximate surface area is 121 Å². The van der Waals surface area contributed by atoms with Crippen molar-refractivity contribution < 1.29 is 19.4 Å². The van der Waals surface area contributed by atoms with E-state index in [1.54, 1.807) is 7.11 Å². The molecule has 0 aromatic heterocycles. The summed E-state index contributed by atoms with van der Waals surface area (Å²) in [4.78, 5) is 22.8. The molecule has 0 aromatic rings. The van der Waals surface area contributed by atoms with Crippen LogP contribution in [0.4, 0.5) is 4.79 Å². The van der Waals surface area contributed by atoms with Gasteiger partial charge in [-0.25, -0.2) is 4.79 Å². The predicted octanol–water partition coefficient (Wildman–Crippen LogP) is 1.85. The second-order valence-corrected chi connectivity index (χ2v) is 6.34. The molecule has 0 saturated heterocycles. The maximum Gasteiger partial charge on any atom is 0.315 e. The molecule has 20 heavy (non-hydrogen) atoms. The van der Waals surface area contributed by atoms with E-state index < -0.39 is 11.9 Å². The van der Waals surface area contributed by atoms with Crippen LogP contribution in [-0.4, -0.2) is 43.4 Å². The summed E-state index contributed by atoms with van der Waals surface area (Å²) in [7, 11) is 1.61. The Bertz CT molecular complexity index is 313. The third-order valence-electron chi connectivity index (χ3n) is 2.85. The number of urea groups is 1. The summed E-state index contributed by atoms with van der Waals surface area (Å²) in [6, 6.07) is -0.352. The molecular formula is C14H28N2O4. The van der Waals surface area contributed by atoms with Gasteiger partial charge in [-0.05, 0) is 25.2 Å². The smallest absolute Gasteiger partial charge is 0.315 e. The monoisotopic (exact) mass is 288 g/mol. The van der Waals surface area contributed by atoms with Gasteiger partial charge in [0.25, 0.3) is 0 Å². The largest absolute Gasteiger partial charge is 0.481 e. The number of methoxy groups -OCH3 is 1. The van der Waals surface area contributed by atoms with Crippen LogP contribution >= 0.6 is 0 Å². The third kappa shape index (κ3) is 9.61. The lowest BCUT2D eigenvalue weighted by atomic mass is 9.84. The highest BCUT2D eigenvalue weighted by Gasteiger charge is 2.25. The van der Waals surface area contributed by atoms with Crippen molar-refractivity contribution in [1.29, 1.82) is 0 Å².